The van der Waals surface area contributed by atoms with Gasteiger partial charge in [-0.05, 0) is 12.3 Å². The number of nitrogens with two attached hydrogens (primary N) is 1. The second-order valence-corrected chi connectivity index (χ2v) is 3.21. The third-order valence-electron chi connectivity index (χ3n) is 1.27. The van der Waals surface area contributed by atoms with E-state index in [9.17, 15) is 13.2 Å². The lowest BCUT2D eigenvalue weighted by atomic mass is 10.0. The van der Waals surface area contributed by atoms with Gasteiger partial charge < -0.3 is 5.73 Å². The fraction of sp³-hybridized carbons (Fsp3) is 1.00. The van der Waals surface area contributed by atoms with Crippen molar-refractivity contribution >= 4 is 0 Å². The van der Waals surface area contributed by atoms with Gasteiger partial charge in [0.25, 0.3) is 0 Å². The molecule has 2 N–H and O–H groups in total. The van der Waals surface area contributed by atoms with Crippen molar-refractivity contribution in [1.29, 1.82) is 0 Å². The molecule has 0 unspecified atom stereocenters. The van der Waals surface area contributed by atoms with Crippen LogP contribution in [0.5, 0.6) is 0 Å². The van der Waals surface area contributed by atoms with E-state index in [0.29, 0.717) is 6.42 Å². The van der Waals surface area contributed by atoms with Gasteiger partial charge in [0.15, 0.2) is 0 Å². The maximum Gasteiger partial charge on any atom is 0.390 e. The Bertz CT molecular complexity index is 109. The zero-order chi connectivity index (χ0) is 9.07. The van der Waals surface area contributed by atoms with Crippen molar-refractivity contribution in [2.75, 3.05) is 0 Å². The molecular formula is C7H14F3N. The summed E-state index contributed by atoms with van der Waals surface area (Å²) in [5.74, 6) is 0.229. The monoisotopic (exact) mass is 169 g/mol. The molecule has 0 rings (SSSR count). The molecule has 0 heterocycles. The van der Waals surface area contributed by atoms with E-state index in [-0.39, 0.29) is 5.92 Å². The fourth-order valence-corrected chi connectivity index (χ4v) is 0.986. The largest absolute Gasteiger partial charge is 0.390 e. The number of alkyl halides is 3. The van der Waals surface area contributed by atoms with E-state index in [2.05, 4.69) is 0 Å². The van der Waals surface area contributed by atoms with Crippen LogP contribution in [0.15, 0.2) is 0 Å². The number of halogens is 3. The summed E-state index contributed by atoms with van der Waals surface area (Å²) in [6, 6.07) is -0.741. The third-order valence-corrected chi connectivity index (χ3v) is 1.27. The molecular weight excluding hydrogens is 155 g/mol. The average molecular weight is 169 g/mol. The first kappa shape index (κ1) is 10.8. The van der Waals surface area contributed by atoms with Gasteiger partial charge in [-0.15, -0.1) is 0 Å². The van der Waals surface area contributed by atoms with Crippen LogP contribution in [0, 0.1) is 5.92 Å². The van der Waals surface area contributed by atoms with E-state index in [0.717, 1.165) is 0 Å². The van der Waals surface area contributed by atoms with Crippen LogP contribution < -0.4 is 5.73 Å². The second kappa shape index (κ2) is 3.95. The topological polar surface area (TPSA) is 26.0 Å². The first-order valence-electron chi connectivity index (χ1n) is 3.63. The standard InChI is InChI=1S/C7H14F3N/c1-5(2)3-6(11)4-7(8,9)10/h5-6H,3-4,11H2,1-2H3/t6-/m1/s1. The Kier molecular flexibility index (Phi) is 3.86. The predicted octanol–water partition coefficient (Wildman–Crippen LogP) is 2.31. The van der Waals surface area contributed by atoms with Crippen LogP contribution in [0.4, 0.5) is 13.2 Å². The summed E-state index contributed by atoms with van der Waals surface area (Å²) in [5, 5.41) is 0. The Labute approximate surface area is 64.8 Å². The van der Waals surface area contributed by atoms with Gasteiger partial charge in [-0.1, -0.05) is 13.8 Å². The fourth-order valence-electron chi connectivity index (χ4n) is 0.986. The van der Waals surface area contributed by atoms with E-state index in [1.807, 2.05) is 13.8 Å². The zero-order valence-corrected chi connectivity index (χ0v) is 6.78. The highest BCUT2D eigenvalue weighted by molar-refractivity contribution is 4.67. The zero-order valence-electron chi connectivity index (χ0n) is 6.78. The van der Waals surface area contributed by atoms with Crippen molar-refractivity contribution in [1.82, 2.24) is 0 Å². The molecule has 11 heavy (non-hydrogen) atoms. The molecule has 0 aromatic heterocycles. The number of rotatable bonds is 3. The normalized spacial score (nSPS) is 15.5. The van der Waals surface area contributed by atoms with Crippen molar-refractivity contribution in [3.05, 3.63) is 0 Å². The average Bonchev–Trinajstić information content (AvgIpc) is 1.53. The smallest absolute Gasteiger partial charge is 0.327 e. The maximum atomic E-state index is 11.7. The summed E-state index contributed by atoms with van der Waals surface area (Å²) in [4.78, 5) is 0. The Morgan fingerprint density at radius 1 is 1.27 bits per heavy atom. The first-order chi connectivity index (χ1) is 4.81. The molecule has 0 fully saturated rings. The highest BCUT2D eigenvalue weighted by atomic mass is 19.4. The predicted molar refractivity (Wildman–Crippen MR) is 38.1 cm³/mol. The number of hydrogen-bond donors (Lipinski definition) is 1. The molecule has 0 aliphatic carbocycles. The molecule has 1 atom stereocenters. The van der Waals surface area contributed by atoms with Crippen LogP contribution in [0.25, 0.3) is 0 Å². The number of hydrogen-bond acceptors (Lipinski definition) is 1. The summed E-state index contributed by atoms with van der Waals surface area (Å²) in [7, 11) is 0. The van der Waals surface area contributed by atoms with Gasteiger partial charge in [0.2, 0.25) is 0 Å². The lowest BCUT2D eigenvalue weighted by Crippen LogP contribution is -2.28. The summed E-state index contributed by atoms with van der Waals surface area (Å²) in [6.45, 7) is 3.71. The highest BCUT2D eigenvalue weighted by Crippen LogP contribution is 2.22. The van der Waals surface area contributed by atoms with Crippen LogP contribution in [0.3, 0.4) is 0 Å². The van der Waals surface area contributed by atoms with Crippen LogP contribution in [0.1, 0.15) is 26.7 Å². The quantitative estimate of drug-likeness (QED) is 0.689. The SMILES string of the molecule is CC(C)C[C@@H](N)CC(F)(F)F. The van der Waals surface area contributed by atoms with Gasteiger partial charge in [-0.2, -0.15) is 13.2 Å². The molecule has 0 bridgehead atoms. The molecule has 0 spiro atoms. The van der Waals surface area contributed by atoms with E-state index >= 15 is 0 Å². The van der Waals surface area contributed by atoms with Crippen LogP contribution in [-0.4, -0.2) is 12.2 Å². The van der Waals surface area contributed by atoms with E-state index in [1.54, 1.807) is 0 Å². The molecule has 0 saturated heterocycles. The molecule has 0 saturated carbocycles. The van der Waals surface area contributed by atoms with E-state index in [1.165, 1.54) is 0 Å². The Morgan fingerprint density at radius 2 is 1.73 bits per heavy atom. The summed E-state index contributed by atoms with van der Waals surface area (Å²) in [6.07, 6.45) is -4.56. The lowest BCUT2D eigenvalue weighted by molar-refractivity contribution is -0.138. The maximum absolute atomic E-state index is 11.7. The Hall–Kier alpha value is -0.250. The Morgan fingerprint density at radius 3 is 2.00 bits per heavy atom. The van der Waals surface area contributed by atoms with Crippen molar-refractivity contribution in [3.63, 3.8) is 0 Å². The van der Waals surface area contributed by atoms with Gasteiger partial charge >= 0.3 is 6.18 Å². The van der Waals surface area contributed by atoms with Gasteiger partial charge in [-0.3, -0.25) is 0 Å². The highest BCUT2D eigenvalue weighted by Gasteiger charge is 2.30. The van der Waals surface area contributed by atoms with Gasteiger partial charge in [0.05, 0.1) is 6.42 Å². The van der Waals surface area contributed by atoms with Crippen LogP contribution in [-0.2, 0) is 0 Å². The van der Waals surface area contributed by atoms with Crippen molar-refractivity contribution in [3.8, 4) is 0 Å². The summed E-state index contributed by atoms with van der Waals surface area (Å²) in [5.41, 5.74) is 5.24. The molecule has 0 aliphatic rings. The van der Waals surface area contributed by atoms with Crippen molar-refractivity contribution in [2.24, 2.45) is 11.7 Å². The molecule has 0 aromatic rings. The molecule has 0 aromatic carbocycles. The van der Waals surface area contributed by atoms with Gasteiger partial charge in [0.1, 0.15) is 0 Å². The molecule has 0 radical (unpaired) electrons. The lowest BCUT2D eigenvalue weighted by Gasteiger charge is -2.15. The first-order valence-corrected chi connectivity index (χ1v) is 3.63. The second-order valence-electron chi connectivity index (χ2n) is 3.21. The molecule has 68 valence electrons. The summed E-state index contributed by atoms with van der Waals surface area (Å²) >= 11 is 0. The van der Waals surface area contributed by atoms with Crippen molar-refractivity contribution < 1.29 is 13.2 Å². The van der Waals surface area contributed by atoms with E-state index in [4.69, 9.17) is 5.73 Å². The van der Waals surface area contributed by atoms with Gasteiger partial charge in [0, 0.05) is 6.04 Å². The van der Waals surface area contributed by atoms with Crippen LogP contribution in [0.2, 0.25) is 0 Å². The minimum atomic E-state index is -4.12. The molecule has 4 heteroatoms. The van der Waals surface area contributed by atoms with Crippen molar-refractivity contribution in [2.45, 2.75) is 38.9 Å². The van der Waals surface area contributed by atoms with E-state index < -0.39 is 18.6 Å². The molecule has 0 amide bonds. The minimum Gasteiger partial charge on any atom is -0.327 e. The summed E-state index contributed by atoms with van der Waals surface area (Å²) < 4.78 is 35.0. The van der Waals surface area contributed by atoms with Gasteiger partial charge in [-0.25, -0.2) is 0 Å². The minimum absolute atomic E-state index is 0.229. The molecule has 0 aliphatic heterocycles. The third kappa shape index (κ3) is 7.65. The van der Waals surface area contributed by atoms with Crippen LogP contribution >= 0.6 is 0 Å². The molecule has 1 nitrogen and oxygen atoms in total. The Balaban J connectivity index is 3.61.